The lowest BCUT2D eigenvalue weighted by molar-refractivity contribution is -0.143. The highest BCUT2D eigenvalue weighted by molar-refractivity contribution is 7.99. The van der Waals surface area contributed by atoms with Gasteiger partial charge < -0.3 is 4.74 Å². The molecule has 0 aromatic heterocycles. The summed E-state index contributed by atoms with van der Waals surface area (Å²) < 4.78 is 4.92. The second kappa shape index (κ2) is 5.03. The van der Waals surface area contributed by atoms with Crippen molar-refractivity contribution >= 4 is 17.7 Å². The molecular formula is C10H19NO2S. The van der Waals surface area contributed by atoms with E-state index in [0.29, 0.717) is 13.0 Å². The quantitative estimate of drug-likeness (QED) is 0.731. The fourth-order valence-corrected chi connectivity index (χ4v) is 3.06. The van der Waals surface area contributed by atoms with Crippen LogP contribution in [0.5, 0.6) is 0 Å². The molecule has 1 aliphatic rings. The molecule has 1 aliphatic heterocycles. The number of nitrogens with one attached hydrogen (secondary N) is 1. The Morgan fingerprint density at radius 3 is 2.93 bits per heavy atom. The molecule has 0 spiro atoms. The smallest absolute Gasteiger partial charge is 0.308 e. The van der Waals surface area contributed by atoms with E-state index in [-0.39, 0.29) is 16.9 Å². The van der Waals surface area contributed by atoms with E-state index >= 15 is 0 Å². The van der Waals surface area contributed by atoms with E-state index in [4.69, 9.17) is 4.74 Å². The summed E-state index contributed by atoms with van der Waals surface area (Å²) in [6.45, 7) is 6.65. The van der Waals surface area contributed by atoms with Crippen LogP contribution in [-0.4, -0.2) is 29.2 Å². The lowest BCUT2D eigenvalue weighted by Crippen LogP contribution is -2.49. The Hall–Kier alpha value is -0.220. The van der Waals surface area contributed by atoms with Crippen LogP contribution in [0.1, 0.15) is 33.6 Å². The highest BCUT2D eigenvalue weighted by Gasteiger charge is 2.28. The van der Waals surface area contributed by atoms with Crippen LogP contribution in [-0.2, 0) is 9.53 Å². The van der Waals surface area contributed by atoms with Gasteiger partial charge in [0.25, 0.3) is 0 Å². The minimum Gasteiger partial charge on any atom is -0.466 e. The van der Waals surface area contributed by atoms with Gasteiger partial charge in [0.1, 0.15) is 0 Å². The van der Waals surface area contributed by atoms with Crippen LogP contribution in [0.25, 0.3) is 0 Å². The zero-order valence-corrected chi connectivity index (χ0v) is 9.95. The number of thioether (sulfide) groups is 1. The normalized spacial score (nSPS) is 25.8. The highest BCUT2D eigenvalue weighted by Crippen LogP contribution is 2.26. The third kappa shape index (κ3) is 3.88. The first kappa shape index (κ1) is 11.9. The Labute approximate surface area is 90.0 Å². The predicted molar refractivity (Wildman–Crippen MR) is 59.3 cm³/mol. The first-order chi connectivity index (χ1) is 6.53. The molecule has 1 rings (SSSR count). The van der Waals surface area contributed by atoms with Gasteiger partial charge in [-0.15, -0.1) is 11.8 Å². The summed E-state index contributed by atoms with van der Waals surface area (Å²) in [6, 6.07) is 0. The first-order valence-corrected chi connectivity index (χ1v) is 6.13. The molecule has 1 heterocycles. The van der Waals surface area contributed by atoms with Gasteiger partial charge in [0.2, 0.25) is 0 Å². The van der Waals surface area contributed by atoms with Crippen LogP contribution < -0.4 is 5.32 Å². The summed E-state index contributed by atoms with van der Waals surface area (Å²) in [5.41, 5.74) is 0.155. The molecule has 0 aliphatic carbocycles. The van der Waals surface area contributed by atoms with Crippen molar-refractivity contribution in [1.29, 1.82) is 0 Å². The van der Waals surface area contributed by atoms with Crippen LogP contribution in [0.15, 0.2) is 0 Å². The summed E-state index contributed by atoms with van der Waals surface area (Å²) in [5.74, 6) is 1.01. The maximum absolute atomic E-state index is 11.2. The summed E-state index contributed by atoms with van der Waals surface area (Å²) in [4.78, 5) is 11.2. The average Bonchev–Trinajstić information content (AvgIpc) is 2.02. The number of hydrogen-bond donors (Lipinski definition) is 1. The van der Waals surface area contributed by atoms with Gasteiger partial charge in [0.15, 0.2) is 0 Å². The number of ether oxygens (including phenoxy) is 1. The largest absolute Gasteiger partial charge is 0.466 e. The molecule has 1 unspecified atom stereocenters. The number of carbonyl (C=O) groups excluding carboxylic acids is 1. The maximum Gasteiger partial charge on any atom is 0.308 e. The standard InChI is InChI=1S/C10H19NO2S/c1-4-13-9(12)7-8-11-10(2,3)5-6-14-8/h8,11H,4-7H2,1-3H3. The van der Waals surface area contributed by atoms with E-state index in [1.54, 1.807) is 0 Å². The molecule has 1 N–H and O–H groups in total. The Bertz CT molecular complexity index is 206. The molecule has 1 fully saturated rings. The minimum absolute atomic E-state index is 0.102. The monoisotopic (exact) mass is 217 g/mol. The Morgan fingerprint density at radius 2 is 2.36 bits per heavy atom. The van der Waals surface area contributed by atoms with Crippen LogP contribution in [0.3, 0.4) is 0 Å². The number of rotatable bonds is 3. The number of hydrogen-bond acceptors (Lipinski definition) is 4. The molecule has 3 nitrogen and oxygen atoms in total. The van der Waals surface area contributed by atoms with Crippen LogP contribution in [0, 0.1) is 0 Å². The predicted octanol–water partition coefficient (Wildman–Crippen LogP) is 1.77. The van der Waals surface area contributed by atoms with E-state index in [1.807, 2.05) is 18.7 Å². The Morgan fingerprint density at radius 1 is 1.64 bits per heavy atom. The summed E-state index contributed by atoms with van der Waals surface area (Å²) >= 11 is 1.81. The molecular weight excluding hydrogens is 198 g/mol. The molecule has 0 bridgehead atoms. The molecule has 82 valence electrons. The maximum atomic E-state index is 11.2. The molecule has 1 atom stereocenters. The third-order valence-electron chi connectivity index (χ3n) is 2.26. The second-order valence-corrected chi connectivity index (χ2v) is 5.46. The third-order valence-corrected chi connectivity index (χ3v) is 3.38. The molecule has 0 amide bonds. The van der Waals surface area contributed by atoms with Crippen molar-refractivity contribution in [2.24, 2.45) is 0 Å². The first-order valence-electron chi connectivity index (χ1n) is 5.08. The fourth-order valence-electron chi connectivity index (χ4n) is 1.49. The average molecular weight is 217 g/mol. The van der Waals surface area contributed by atoms with Gasteiger partial charge in [-0.1, -0.05) is 0 Å². The van der Waals surface area contributed by atoms with E-state index in [9.17, 15) is 4.79 Å². The topological polar surface area (TPSA) is 38.3 Å². The van der Waals surface area contributed by atoms with Gasteiger partial charge in [0.05, 0.1) is 18.4 Å². The zero-order valence-electron chi connectivity index (χ0n) is 9.13. The lowest BCUT2D eigenvalue weighted by Gasteiger charge is -2.36. The molecule has 4 heteroatoms. The summed E-state index contributed by atoms with van der Waals surface area (Å²) in [6.07, 6.45) is 1.62. The van der Waals surface area contributed by atoms with Crippen molar-refractivity contribution in [3.05, 3.63) is 0 Å². The summed E-state index contributed by atoms with van der Waals surface area (Å²) in [7, 11) is 0. The van der Waals surface area contributed by atoms with Crippen LogP contribution in [0.2, 0.25) is 0 Å². The summed E-state index contributed by atoms with van der Waals surface area (Å²) in [5, 5.41) is 3.66. The SMILES string of the molecule is CCOC(=O)CC1NC(C)(C)CCS1. The van der Waals surface area contributed by atoms with Crippen molar-refractivity contribution < 1.29 is 9.53 Å². The van der Waals surface area contributed by atoms with Crippen molar-refractivity contribution in [2.45, 2.75) is 44.5 Å². The van der Waals surface area contributed by atoms with Gasteiger partial charge in [-0.25, -0.2) is 0 Å². The van der Waals surface area contributed by atoms with Gasteiger partial charge >= 0.3 is 5.97 Å². The van der Waals surface area contributed by atoms with E-state index in [1.165, 1.54) is 0 Å². The molecule has 0 aromatic carbocycles. The zero-order chi connectivity index (χ0) is 10.6. The van der Waals surface area contributed by atoms with E-state index in [0.717, 1.165) is 12.2 Å². The van der Waals surface area contributed by atoms with E-state index in [2.05, 4.69) is 19.2 Å². The minimum atomic E-state index is -0.102. The molecule has 0 radical (unpaired) electrons. The van der Waals surface area contributed by atoms with Crippen molar-refractivity contribution in [1.82, 2.24) is 5.32 Å². The number of esters is 1. The van der Waals surface area contributed by atoms with Gasteiger partial charge in [0, 0.05) is 5.54 Å². The Balaban J connectivity index is 2.34. The van der Waals surface area contributed by atoms with Crippen LogP contribution in [0.4, 0.5) is 0 Å². The Kier molecular flexibility index (Phi) is 4.26. The molecule has 0 saturated carbocycles. The van der Waals surface area contributed by atoms with Crippen LogP contribution >= 0.6 is 11.8 Å². The fraction of sp³-hybridized carbons (Fsp3) is 0.900. The molecule has 0 aromatic rings. The lowest BCUT2D eigenvalue weighted by atomic mass is 10.0. The van der Waals surface area contributed by atoms with Crippen molar-refractivity contribution in [3.63, 3.8) is 0 Å². The number of carbonyl (C=O) groups is 1. The van der Waals surface area contributed by atoms with Crippen molar-refractivity contribution in [3.8, 4) is 0 Å². The molecule has 1 saturated heterocycles. The van der Waals surface area contributed by atoms with E-state index < -0.39 is 0 Å². The van der Waals surface area contributed by atoms with Crippen molar-refractivity contribution in [2.75, 3.05) is 12.4 Å². The second-order valence-electron chi connectivity index (χ2n) is 4.15. The van der Waals surface area contributed by atoms with Gasteiger partial charge in [-0.2, -0.15) is 0 Å². The highest BCUT2D eigenvalue weighted by atomic mass is 32.2. The van der Waals surface area contributed by atoms with Gasteiger partial charge in [-0.05, 0) is 32.9 Å². The van der Waals surface area contributed by atoms with Gasteiger partial charge in [-0.3, -0.25) is 10.1 Å². The molecule has 14 heavy (non-hydrogen) atoms.